The van der Waals surface area contributed by atoms with E-state index < -0.39 is 15.5 Å². The van der Waals surface area contributed by atoms with Crippen molar-refractivity contribution in [1.82, 2.24) is 4.72 Å². The number of ether oxygens (including phenoxy) is 1. The summed E-state index contributed by atoms with van der Waals surface area (Å²) in [7, 11) is -5.26. The molecule has 1 rings (SSSR count). The predicted octanol–water partition coefficient (Wildman–Crippen LogP) is 3.55. The summed E-state index contributed by atoms with van der Waals surface area (Å²) in [4.78, 5) is 0. The van der Waals surface area contributed by atoms with Gasteiger partial charge in [-0.2, -0.15) is 13.2 Å². The lowest BCUT2D eigenvalue weighted by atomic mass is 9.98. The number of hydrogen-bond acceptors (Lipinski definition) is 3. The van der Waals surface area contributed by atoms with E-state index in [4.69, 9.17) is 4.74 Å². The highest BCUT2D eigenvalue weighted by molar-refractivity contribution is 7.90. The Kier molecular flexibility index (Phi) is 7.50. The Morgan fingerprint density at radius 3 is 2.35 bits per heavy atom. The summed E-state index contributed by atoms with van der Waals surface area (Å²) in [5.74, 6) is 0.492. The first-order valence-electron chi connectivity index (χ1n) is 7.40. The molecule has 1 atom stereocenters. The minimum atomic E-state index is -5.27. The molecule has 1 aromatic carbocycles. The number of benzene rings is 1. The number of nitrogens with one attached hydrogen (secondary N) is 1. The predicted molar refractivity (Wildman–Crippen MR) is 82.4 cm³/mol. The van der Waals surface area contributed by atoms with Crippen molar-refractivity contribution < 1.29 is 26.3 Å². The third-order valence-electron chi connectivity index (χ3n) is 3.49. The molecule has 1 aromatic rings. The van der Waals surface area contributed by atoms with Gasteiger partial charge in [-0.1, -0.05) is 38.1 Å². The Bertz CT molecular complexity index is 571. The van der Waals surface area contributed by atoms with Crippen LogP contribution in [-0.4, -0.2) is 27.1 Å². The number of sulfonamides is 1. The summed E-state index contributed by atoms with van der Waals surface area (Å²) >= 11 is 0. The van der Waals surface area contributed by atoms with E-state index in [2.05, 4.69) is 13.8 Å². The quantitative estimate of drug-likeness (QED) is 0.691. The van der Waals surface area contributed by atoms with Gasteiger partial charge in [-0.25, -0.2) is 13.1 Å². The Balaban J connectivity index is 2.26. The zero-order valence-corrected chi connectivity index (χ0v) is 14.0. The van der Waals surface area contributed by atoms with Crippen LogP contribution in [-0.2, 0) is 21.4 Å². The van der Waals surface area contributed by atoms with Gasteiger partial charge in [0.05, 0.1) is 6.61 Å². The molecule has 132 valence electrons. The number of halogens is 3. The van der Waals surface area contributed by atoms with Crippen LogP contribution in [0.15, 0.2) is 24.3 Å². The second-order valence-electron chi connectivity index (χ2n) is 5.30. The molecule has 0 saturated heterocycles. The van der Waals surface area contributed by atoms with Gasteiger partial charge in [0.15, 0.2) is 0 Å². The lowest BCUT2D eigenvalue weighted by molar-refractivity contribution is -0.0448. The smallest absolute Gasteiger partial charge is 0.377 e. The molecule has 0 fully saturated rings. The Morgan fingerprint density at radius 1 is 1.22 bits per heavy atom. The maximum atomic E-state index is 12.1. The highest BCUT2D eigenvalue weighted by Crippen LogP contribution is 2.21. The number of rotatable bonds is 9. The van der Waals surface area contributed by atoms with Gasteiger partial charge >= 0.3 is 15.5 Å². The molecule has 1 N–H and O–H groups in total. The highest BCUT2D eigenvalue weighted by atomic mass is 32.2. The molecule has 0 aliphatic rings. The molecule has 1 unspecified atom stereocenters. The van der Waals surface area contributed by atoms with Gasteiger partial charge in [-0.15, -0.1) is 0 Å². The van der Waals surface area contributed by atoms with E-state index in [9.17, 15) is 21.6 Å². The summed E-state index contributed by atoms with van der Waals surface area (Å²) in [6.07, 6.45) is 1.23. The monoisotopic (exact) mass is 353 g/mol. The van der Waals surface area contributed by atoms with Crippen LogP contribution in [0.5, 0.6) is 0 Å². The van der Waals surface area contributed by atoms with E-state index in [1.165, 1.54) is 10.3 Å². The van der Waals surface area contributed by atoms with E-state index in [0.717, 1.165) is 12.0 Å². The van der Waals surface area contributed by atoms with Gasteiger partial charge in [0, 0.05) is 13.2 Å². The molecule has 0 aliphatic heterocycles. The fraction of sp³-hybridized carbons (Fsp3) is 0.600. The molecule has 0 bridgehead atoms. The highest BCUT2D eigenvalue weighted by Gasteiger charge is 2.45. The number of alkyl halides is 3. The van der Waals surface area contributed by atoms with Crippen LogP contribution in [0.25, 0.3) is 0 Å². The van der Waals surface area contributed by atoms with Crippen molar-refractivity contribution >= 4 is 10.0 Å². The van der Waals surface area contributed by atoms with Crippen molar-refractivity contribution in [2.75, 3.05) is 13.2 Å². The zero-order valence-electron chi connectivity index (χ0n) is 13.2. The molecular weight excluding hydrogens is 331 g/mol. The van der Waals surface area contributed by atoms with Gasteiger partial charge in [0.25, 0.3) is 0 Å². The van der Waals surface area contributed by atoms with E-state index >= 15 is 0 Å². The third-order valence-corrected chi connectivity index (χ3v) is 4.69. The van der Waals surface area contributed by atoms with E-state index in [1.807, 2.05) is 24.3 Å². The first-order chi connectivity index (χ1) is 10.7. The van der Waals surface area contributed by atoms with Crippen molar-refractivity contribution in [1.29, 1.82) is 0 Å². The SMILES string of the molecule is CCC(C)c1ccc(COCCCNS(=O)(=O)C(F)(F)F)cc1. The molecule has 0 saturated carbocycles. The fourth-order valence-electron chi connectivity index (χ4n) is 1.83. The minimum absolute atomic E-state index is 0.167. The first-order valence-corrected chi connectivity index (χ1v) is 8.88. The van der Waals surface area contributed by atoms with Gasteiger partial charge in [-0.05, 0) is 29.9 Å². The van der Waals surface area contributed by atoms with Gasteiger partial charge in [-0.3, -0.25) is 0 Å². The Hall–Kier alpha value is -1.12. The van der Waals surface area contributed by atoms with Crippen molar-refractivity contribution in [3.63, 3.8) is 0 Å². The van der Waals surface area contributed by atoms with Gasteiger partial charge < -0.3 is 4.74 Å². The summed E-state index contributed by atoms with van der Waals surface area (Å²) in [5.41, 5.74) is -3.06. The van der Waals surface area contributed by atoms with Crippen LogP contribution in [0, 0.1) is 0 Å². The maximum Gasteiger partial charge on any atom is 0.511 e. The molecular formula is C15H22F3NO3S. The first kappa shape index (κ1) is 19.9. The van der Waals surface area contributed by atoms with Crippen molar-refractivity contribution in [3.05, 3.63) is 35.4 Å². The van der Waals surface area contributed by atoms with Crippen molar-refractivity contribution in [2.45, 2.75) is 44.7 Å². The molecule has 23 heavy (non-hydrogen) atoms. The normalized spacial score (nSPS) is 14.0. The zero-order chi connectivity index (χ0) is 17.5. The second-order valence-corrected chi connectivity index (χ2v) is 7.06. The van der Waals surface area contributed by atoms with Gasteiger partial charge in [0.1, 0.15) is 0 Å². The Morgan fingerprint density at radius 2 is 1.83 bits per heavy atom. The topological polar surface area (TPSA) is 55.4 Å². The van der Waals surface area contributed by atoms with E-state index in [-0.39, 0.29) is 19.6 Å². The molecule has 0 spiro atoms. The van der Waals surface area contributed by atoms with E-state index in [1.54, 1.807) is 0 Å². The molecule has 4 nitrogen and oxygen atoms in total. The van der Waals surface area contributed by atoms with Gasteiger partial charge in [0.2, 0.25) is 0 Å². The average Bonchev–Trinajstić information content (AvgIpc) is 2.49. The second kappa shape index (κ2) is 8.65. The van der Waals surface area contributed by atoms with Crippen molar-refractivity contribution in [3.8, 4) is 0 Å². The number of hydrogen-bond donors (Lipinski definition) is 1. The largest absolute Gasteiger partial charge is 0.511 e. The van der Waals surface area contributed by atoms with E-state index in [0.29, 0.717) is 12.5 Å². The van der Waals surface area contributed by atoms with Crippen LogP contribution in [0.3, 0.4) is 0 Å². The molecule has 0 radical (unpaired) electrons. The minimum Gasteiger partial charge on any atom is -0.377 e. The molecule has 0 heterocycles. The van der Waals surface area contributed by atoms with Crippen molar-refractivity contribution in [2.24, 2.45) is 0 Å². The Labute approximate surface area is 135 Å². The summed E-state index contributed by atoms with van der Waals surface area (Å²) in [6.45, 7) is 4.47. The molecule has 8 heteroatoms. The van der Waals surface area contributed by atoms with Crippen LogP contribution < -0.4 is 4.72 Å². The fourth-order valence-corrected chi connectivity index (χ4v) is 2.41. The lowest BCUT2D eigenvalue weighted by Gasteiger charge is -2.11. The van der Waals surface area contributed by atoms with Crippen LogP contribution in [0.1, 0.15) is 43.7 Å². The lowest BCUT2D eigenvalue weighted by Crippen LogP contribution is -2.37. The van der Waals surface area contributed by atoms with Crippen LogP contribution >= 0.6 is 0 Å². The molecule has 0 aromatic heterocycles. The summed E-state index contributed by atoms with van der Waals surface area (Å²) < 4.78 is 64.5. The standard InChI is InChI=1S/C15H22F3NO3S/c1-3-12(2)14-7-5-13(6-8-14)11-22-10-4-9-19-23(20,21)15(16,17)18/h5-8,12,19H,3-4,9-11H2,1-2H3. The maximum absolute atomic E-state index is 12.1. The molecule has 0 aliphatic carbocycles. The summed E-state index contributed by atoms with van der Waals surface area (Å²) in [6, 6.07) is 7.97. The summed E-state index contributed by atoms with van der Waals surface area (Å²) in [5, 5.41) is 0. The third kappa shape index (κ3) is 6.48. The van der Waals surface area contributed by atoms with Crippen LogP contribution in [0.2, 0.25) is 0 Å². The average molecular weight is 353 g/mol. The van der Waals surface area contributed by atoms with Crippen LogP contribution in [0.4, 0.5) is 13.2 Å². The molecule has 0 amide bonds.